The summed E-state index contributed by atoms with van der Waals surface area (Å²) in [6.45, 7) is 2.96. The van der Waals surface area contributed by atoms with Gasteiger partial charge < -0.3 is 9.47 Å². The topological polar surface area (TPSA) is 52.6 Å². The van der Waals surface area contributed by atoms with Crippen molar-refractivity contribution in [3.05, 3.63) is 29.3 Å². The van der Waals surface area contributed by atoms with Crippen LogP contribution in [0.3, 0.4) is 0 Å². The van der Waals surface area contributed by atoms with Crippen LogP contribution in [-0.4, -0.2) is 25.5 Å². The third-order valence-electron chi connectivity index (χ3n) is 2.39. The quantitative estimate of drug-likeness (QED) is 0.460. The molecule has 1 unspecified atom stereocenters. The monoisotopic (exact) mass is 254 g/mol. The number of Topliss-reactive ketones (excluding diaryl/α,β-unsaturated/α-hetero) is 1. The molecular formula is C13H15FO4. The van der Waals surface area contributed by atoms with Crippen LogP contribution < -0.4 is 4.74 Å². The number of halogens is 1. The van der Waals surface area contributed by atoms with Gasteiger partial charge in [0.05, 0.1) is 13.7 Å². The molecule has 0 bridgehead atoms. The molecule has 98 valence electrons. The highest BCUT2D eigenvalue weighted by atomic mass is 19.1. The Morgan fingerprint density at radius 3 is 2.56 bits per heavy atom. The van der Waals surface area contributed by atoms with Gasteiger partial charge in [0.2, 0.25) is 0 Å². The van der Waals surface area contributed by atoms with Gasteiger partial charge in [-0.1, -0.05) is 12.1 Å². The summed E-state index contributed by atoms with van der Waals surface area (Å²) in [5, 5.41) is 0. The van der Waals surface area contributed by atoms with Gasteiger partial charge in [-0.05, 0) is 19.9 Å². The van der Waals surface area contributed by atoms with Gasteiger partial charge in [-0.2, -0.15) is 0 Å². The van der Waals surface area contributed by atoms with E-state index >= 15 is 0 Å². The Kier molecular flexibility index (Phi) is 4.83. The number of esters is 1. The largest absolute Gasteiger partial charge is 0.496 e. The van der Waals surface area contributed by atoms with E-state index in [1.54, 1.807) is 6.92 Å². The van der Waals surface area contributed by atoms with Crippen LogP contribution in [0.25, 0.3) is 0 Å². The van der Waals surface area contributed by atoms with Crippen LogP contribution in [0.4, 0.5) is 4.39 Å². The Bertz CT molecular complexity index is 454. The number of carbonyl (C=O) groups excluding carboxylic acids is 2. The minimum absolute atomic E-state index is 0.0252. The molecule has 0 saturated heterocycles. The standard InChI is InChI=1S/C13H15FO4/c1-4-18-13(16)12(15)9-6-5-7-10(17-3)11(9)8(2)14/h5-8H,4H2,1-3H3. The number of ether oxygens (including phenoxy) is 2. The van der Waals surface area contributed by atoms with E-state index in [1.165, 1.54) is 32.2 Å². The third kappa shape index (κ3) is 2.85. The number of carbonyl (C=O) groups is 2. The molecule has 0 aliphatic rings. The van der Waals surface area contributed by atoms with E-state index in [9.17, 15) is 14.0 Å². The molecule has 5 heteroatoms. The van der Waals surface area contributed by atoms with Crippen molar-refractivity contribution in [3.8, 4) is 5.75 Å². The Morgan fingerprint density at radius 2 is 2.06 bits per heavy atom. The Morgan fingerprint density at radius 1 is 1.39 bits per heavy atom. The first kappa shape index (κ1) is 14.2. The zero-order valence-corrected chi connectivity index (χ0v) is 10.5. The molecule has 4 nitrogen and oxygen atoms in total. The molecular weight excluding hydrogens is 239 g/mol. The van der Waals surface area contributed by atoms with Crippen LogP contribution in [0.5, 0.6) is 5.75 Å². The number of rotatable bonds is 5. The van der Waals surface area contributed by atoms with Crippen LogP contribution >= 0.6 is 0 Å². The van der Waals surface area contributed by atoms with Crippen molar-refractivity contribution in [3.63, 3.8) is 0 Å². The first-order valence-corrected chi connectivity index (χ1v) is 5.55. The van der Waals surface area contributed by atoms with Crippen LogP contribution in [0.1, 0.15) is 35.9 Å². The lowest BCUT2D eigenvalue weighted by Gasteiger charge is -2.13. The summed E-state index contributed by atoms with van der Waals surface area (Å²) in [4.78, 5) is 23.2. The molecule has 0 aliphatic heterocycles. The van der Waals surface area contributed by atoms with Gasteiger partial charge in [-0.25, -0.2) is 9.18 Å². The van der Waals surface area contributed by atoms with Crippen LogP contribution in [0.2, 0.25) is 0 Å². The molecule has 0 radical (unpaired) electrons. The number of alkyl halides is 1. The predicted molar refractivity (Wildman–Crippen MR) is 63.5 cm³/mol. The molecule has 0 amide bonds. The van der Waals surface area contributed by atoms with Crippen LogP contribution in [-0.2, 0) is 9.53 Å². The minimum Gasteiger partial charge on any atom is -0.496 e. The van der Waals surface area contributed by atoms with Crippen molar-refractivity contribution in [2.24, 2.45) is 0 Å². The van der Waals surface area contributed by atoms with E-state index in [2.05, 4.69) is 4.74 Å². The summed E-state index contributed by atoms with van der Waals surface area (Å²) in [5.41, 5.74) is 0.0425. The summed E-state index contributed by atoms with van der Waals surface area (Å²) >= 11 is 0. The minimum atomic E-state index is -1.42. The smallest absolute Gasteiger partial charge is 0.379 e. The average Bonchev–Trinajstić information content (AvgIpc) is 2.36. The van der Waals surface area contributed by atoms with Gasteiger partial charge in [0.15, 0.2) is 0 Å². The fourth-order valence-electron chi connectivity index (χ4n) is 1.64. The van der Waals surface area contributed by atoms with Gasteiger partial charge >= 0.3 is 5.97 Å². The van der Waals surface area contributed by atoms with Crippen molar-refractivity contribution in [1.82, 2.24) is 0 Å². The van der Waals surface area contributed by atoms with Crippen molar-refractivity contribution in [2.45, 2.75) is 20.0 Å². The molecule has 18 heavy (non-hydrogen) atoms. The first-order chi connectivity index (χ1) is 8.52. The molecule has 0 N–H and O–H groups in total. The third-order valence-corrected chi connectivity index (χ3v) is 2.39. The second kappa shape index (κ2) is 6.14. The maximum absolute atomic E-state index is 13.6. The lowest BCUT2D eigenvalue weighted by molar-refractivity contribution is -0.137. The van der Waals surface area contributed by atoms with Crippen molar-refractivity contribution >= 4 is 11.8 Å². The van der Waals surface area contributed by atoms with Crippen LogP contribution in [0.15, 0.2) is 18.2 Å². The molecule has 0 aromatic heterocycles. The lowest BCUT2D eigenvalue weighted by atomic mass is 9.99. The van der Waals surface area contributed by atoms with Gasteiger partial charge in [0.25, 0.3) is 5.78 Å². The number of hydrogen-bond acceptors (Lipinski definition) is 4. The van der Waals surface area contributed by atoms with Crippen molar-refractivity contribution in [1.29, 1.82) is 0 Å². The highest BCUT2D eigenvalue weighted by Gasteiger charge is 2.25. The van der Waals surface area contributed by atoms with Gasteiger partial charge in [-0.3, -0.25) is 4.79 Å². The van der Waals surface area contributed by atoms with E-state index in [0.29, 0.717) is 0 Å². The van der Waals surface area contributed by atoms with Crippen LogP contribution in [0, 0.1) is 0 Å². The Hall–Kier alpha value is -1.91. The maximum Gasteiger partial charge on any atom is 0.379 e. The number of methoxy groups -OCH3 is 1. The zero-order chi connectivity index (χ0) is 13.7. The number of hydrogen-bond donors (Lipinski definition) is 0. The molecule has 1 rings (SSSR count). The maximum atomic E-state index is 13.6. The molecule has 0 aliphatic carbocycles. The second-order valence-electron chi connectivity index (χ2n) is 3.59. The van der Waals surface area contributed by atoms with Gasteiger partial charge in [-0.15, -0.1) is 0 Å². The number of benzene rings is 1. The lowest BCUT2D eigenvalue weighted by Crippen LogP contribution is -2.19. The second-order valence-corrected chi connectivity index (χ2v) is 3.59. The molecule has 0 spiro atoms. The zero-order valence-electron chi connectivity index (χ0n) is 10.5. The first-order valence-electron chi connectivity index (χ1n) is 5.55. The summed E-state index contributed by atoms with van der Waals surface area (Å²) in [6, 6.07) is 4.44. The van der Waals surface area contributed by atoms with E-state index in [4.69, 9.17) is 4.74 Å². The van der Waals surface area contributed by atoms with Crippen molar-refractivity contribution in [2.75, 3.05) is 13.7 Å². The summed E-state index contributed by atoms with van der Waals surface area (Å²) < 4.78 is 23.2. The Balaban J connectivity index is 3.23. The highest BCUT2D eigenvalue weighted by Crippen LogP contribution is 2.31. The van der Waals surface area contributed by atoms with E-state index in [-0.39, 0.29) is 23.5 Å². The summed E-state index contributed by atoms with van der Waals surface area (Å²) in [7, 11) is 1.37. The molecule has 1 aromatic rings. The summed E-state index contributed by atoms with van der Waals surface area (Å²) in [5.74, 6) is -1.62. The molecule has 0 saturated carbocycles. The van der Waals surface area contributed by atoms with E-state index in [1.807, 2.05) is 0 Å². The van der Waals surface area contributed by atoms with E-state index in [0.717, 1.165) is 0 Å². The molecule has 0 fully saturated rings. The van der Waals surface area contributed by atoms with Gasteiger partial charge in [0, 0.05) is 11.1 Å². The summed E-state index contributed by atoms with van der Waals surface area (Å²) in [6.07, 6.45) is -1.42. The molecule has 0 heterocycles. The van der Waals surface area contributed by atoms with Gasteiger partial charge in [0.1, 0.15) is 11.9 Å². The SMILES string of the molecule is CCOC(=O)C(=O)c1cccc(OC)c1C(C)F. The highest BCUT2D eigenvalue weighted by molar-refractivity contribution is 6.41. The van der Waals surface area contributed by atoms with Crippen molar-refractivity contribution < 1.29 is 23.5 Å². The molecule has 1 aromatic carbocycles. The average molecular weight is 254 g/mol. The fraction of sp³-hybridized carbons (Fsp3) is 0.385. The number of ketones is 1. The predicted octanol–water partition coefficient (Wildman–Crippen LogP) is 2.47. The normalized spacial score (nSPS) is 11.8. The van der Waals surface area contributed by atoms with E-state index < -0.39 is 17.9 Å². The Labute approximate surface area is 105 Å². The molecule has 1 atom stereocenters. The fourth-order valence-corrected chi connectivity index (χ4v) is 1.64.